The number of nitriles is 1. The standard InChI is InChI=1S/C11H12N2O5S/c1-7(14)10(11(15)16)13-19(17,18)9-4-2-3-8(5-9)6-12/h2-5,7,10,13-14H,1H3,(H,15,16). The maximum Gasteiger partial charge on any atom is 0.324 e. The van der Waals surface area contributed by atoms with Gasteiger partial charge in [-0.1, -0.05) is 6.07 Å². The number of carbonyl (C=O) groups is 1. The van der Waals surface area contributed by atoms with Gasteiger partial charge in [0.05, 0.1) is 22.6 Å². The van der Waals surface area contributed by atoms with Crippen LogP contribution in [-0.4, -0.2) is 36.7 Å². The van der Waals surface area contributed by atoms with Gasteiger partial charge < -0.3 is 10.2 Å². The van der Waals surface area contributed by atoms with Gasteiger partial charge in [-0.05, 0) is 25.1 Å². The predicted molar refractivity (Wildman–Crippen MR) is 64.6 cm³/mol. The van der Waals surface area contributed by atoms with Crippen molar-refractivity contribution < 1.29 is 23.4 Å². The summed E-state index contributed by atoms with van der Waals surface area (Å²) >= 11 is 0. The van der Waals surface area contributed by atoms with E-state index in [0.717, 1.165) is 13.0 Å². The van der Waals surface area contributed by atoms with Gasteiger partial charge in [-0.2, -0.15) is 9.98 Å². The van der Waals surface area contributed by atoms with Gasteiger partial charge in [0, 0.05) is 0 Å². The average Bonchev–Trinajstić information content (AvgIpc) is 2.35. The molecule has 0 radical (unpaired) electrons. The quantitative estimate of drug-likeness (QED) is 0.679. The number of hydrogen-bond acceptors (Lipinski definition) is 5. The molecule has 0 bridgehead atoms. The topological polar surface area (TPSA) is 127 Å². The zero-order valence-electron chi connectivity index (χ0n) is 9.94. The van der Waals surface area contributed by atoms with Crippen LogP contribution in [-0.2, 0) is 14.8 Å². The normalized spacial score (nSPS) is 14.4. The number of sulfonamides is 1. The number of aliphatic hydroxyl groups excluding tert-OH is 1. The van der Waals surface area contributed by atoms with Crippen LogP contribution in [0.1, 0.15) is 12.5 Å². The van der Waals surface area contributed by atoms with E-state index in [1.54, 1.807) is 6.07 Å². The average molecular weight is 284 g/mol. The van der Waals surface area contributed by atoms with Crippen LogP contribution in [0.2, 0.25) is 0 Å². The van der Waals surface area contributed by atoms with Crippen LogP contribution < -0.4 is 4.72 Å². The first-order valence-electron chi connectivity index (χ1n) is 5.21. The smallest absolute Gasteiger partial charge is 0.324 e. The number of carboxylic acid groups (broad SMARTS) is 1. The highest BCUT2D eigenvalue weighted by atomic mass is 32.2. The molecule has 0 spiro atoms. The zero-order valence-corrected chi connectivity index (χ0v) is 10.8. The number of nitrogens with zero attached hydrogens (tertiary/aromatic N) is 1. The number of rotatable bonds is 5. The molecule has 0 saturated carbocycles. The van der Waals surface area contributed by atoms with Gasteiger partial charge in [-0.25, -0.2) is 8.42 Å². The number of nitrogens with one attached hydrogen (secondary N) is 1. The molecule has 0 aliphatic rings. The van der Waals surface area contributed by atoms with Gasteiger partial charge in [0.1, 0.15) is 6.04 Å². The Morgan fingerprint density at radius 1 is 1.47 bits per heavy atom. The first-order chi connectivity index (χ1) is 8.77. The predicted octanol–water partition coefficient (Wildman–Crippen LogP) is -0.329. The molecule has 1 rings (SSSR count). The Kier molecular flexibility index (Phi) is 4.61. The molecule has 7 nitrogen and oxygen atoms in total. The van der Waals surface area contributed by atoms with Crippen molar-refractivity contribution in [2.45, 2.75) is 24.0 Å². The second kappa shape index (κ2) is 5.79. The van der Waals surface area contributed by atoms with Crippen LogP contribution in [0.3, 0.4) is 0 Å². The molecule has 3 N–H and O–H groups in total. The molecule has 0 aliphatic heterocycles. The van der Waals surface area contributed by atoms with E-state index < -0.39 is 28.1 Å². The van der Waals surface area contributed by atoms with Gasteiger partial charge in [-0.15, -0.1) is 0 Å². The fourth-order valence-corrected chi connectivity index (χ4v) is 2.63. The van der Waals surface area contributed by atoms with Crippen LogP contribution in [0.4, 0.5) is 0 Å². The van der Waals surface area contributed by atoms with E-state index in [1.165, 1.54) is 18.2 Å². The molecule has 0 saturated heterocycles. The second-order valence-corrected chi connectivity index (χ2v) is 5.53. The Labute approximate surface area is 110 Å². The van der Waals surface area contributed by atoms with E-state index in [9.17, 15) is 18.3 Å². The van der Waals surface area contributed by atoms with Gasteiger partial charge in [0.15, 0.2) is 0 Å². The van der Waals surface area contributed by atoms with Crippen molar-refractivity contribution in [3.8, 4) is 6.07 Å². The van der Waals surface area contributed by atoms with Gasteiger partial charge in [0.25, 0.3) is 0 Å². The van der Waals surface area contributed by atoms with Crippen molar-refractivity contribution in [1.82, 2.24) is 4.72 Å². The molecule has 0 aromatic heterocycles. The largest absolute Gasteiger partial charge is 0.480 e. The van der Waals surface area contributed by atoms with Crippen molar-refractivity contribution in [1.29, 1.82) is 5.26 Å². The molecule has 1 aromatic rings. The molecule has 0 aliphatic carbocycles. The monoisotopic (exact) mass is 284 g/mol. The highest BCUT2D eigenvalue weighted by Gasteiger charge is 2.29. The van der Waals surface area contributed by atoms with E-state index >= 15 is 0 Å². The summed E-state index contributed by atoms with van der Waals surface area (Å²) in [4.78, 5) is 10.6. The van der Waals surface area contributed by atoms with E-state index in [4.69, 9.17) is 10.4 Å². The minimum atomic E-state index is -4.12. The van der Waals surface area contributed by atoms with Crippen molar-refractivity contribution in [2.75, 3.05) is 0 Å². The Hall–Kier alpha value is -1.95. The summed E-state index contributed by atoms with van der Waals surface area (Å²) in [5.74, 6) is -1.49. The molecular weight excluding hydrogens is 272 g/mol. The Balaban J connectivity index is 3.11. The maximum absolute atomic E-state index is 11.9. The summed E-state index contributed by atoms with van der Waals surface area (Å²) in [7, 11) is -4.12. The molecule has 0 fully saturated rings. The maximum atomic E-state index is 11.9. The van der Waals surface area contributed by atoms with Crippen molar-refractivity contribution in [3.63, 3.8) is 0 Å². The Bertz CT molecular complexity index is 618. The van der Waals surface area contributed by atoms with E-state index in [0.29, 0.717) is 0 Å². The number of aliphatic hydroxyl groups is 1. The summed E-state index contributed by atoms with van der Waals surface area (Å²) < 4.78 is 25.7. The van der Waals surface area contributed by atoms with Crippen molar-refractivity contribution in [3.05, 3.63) is 29.8 Å². The molecule has 0 amide bonds. The summed E-state index contributed by atoms with van der Waals surface area (Å²) in [6.45, 7) is 1.16. The molecule has 2 atom stereocenters. The van der Waals surface area contributed by atoms with E-state index in [1.807, 2.05) is 4.72 Å². The summed E-state index contributed by atoms with van der Waals surface area (Å²) in [5.41, 5.74) is 0.131. The molecule has 1 aromatic carbocycles. The van der Waals surface area contributed by atoms with Crippen LogP contribution in [0.25, 0.3) is 0 Å². The number of carboxylic acids is 1. The fraction of sp³-hybridized carbons (Fsp3) is 0.273. The van der Waals surface area contributed by atoms with Crippen LogP contribution in [0, 0.1) is 11.3 Å². The first kappa shape index (κ1) is 15.1. The first-order valence-corrected chi connectivity index (χ1v) is 6.69. The van der Waals surface area contributed by atoms with Crippen LogP contribution in [0.15, 0.2) is 29.2 Å². The molecule has 102 valence electrons. The lowest BCUT2D eigenvalue weighted by Crippen LogP contribution is -2.47. The van der Waals surface area contributed by atoms with Crippen molar-refractivity contribution in [2.24, 2.45) is 0 Å². The summed E-state index contributed by atoms with van der Waals surface area (Å²) in [6, 6.07) is 5.25. The minimum absolute atomic E-state index is 0.131. The molecule has 8 heteroatoms. The van der Waals surface area contributed by atoms with Gasteiger partial charge in [-0.3, -0.25) is 4.79 Å². The van der Waals surface area contributed by atoms with Crippen LogP contribution in [0.5, 0.6) is 0 Å². The lowest BCUT2D eigenvalue weighted by molar-refractivity contribution is -0.141. The molecule has 19 heavy (non-hydrogen) atoms. The third-order valence-corrected chi connectivity index (χ3v) is 3.74. The third-order valence-electron chi connectivity index (χ3n) is 2.30. The zero-order chi connectivity index (χ0) is 14.6. The van der Waals surface area contributed by atoms with E-state index in [2.05, 4.69) is 0 Å². The van der Waals surface area contributed by atoms with Crippen molar-refractivity contribution >= 4 is 16.0 Å². The molecule has 0 heterocycles. The number of benzene rings is 1. The lowest BCUT2D eigenvalue weighted by atomic mass is 10.2. The van der Waals surface area contributed by atoms with Gasteiger partial charge >= 0.3 is 5.97 Å². The van der Waals surface area contributed by atoms with Crippen LogP contribution >= 0.6 is 0 Å². The summed E-state index contributed by atoms with van der Waals surface area (Å²) in [5, 5.41) is 26.7. The third kappa shape index (κ3) is 3.75. The highest BCUT2D eigenvalue weighted by Crippen LogP contribution is 2.12. The number of aliphatic carboxylic acids is 1. The van der Waals surface area contributed by atoms with Gasteiger partial charge in [0.2, 0.25) is 10.0 Å². The second-order valence-electron chi connectivity index (χ2n) is 3.82. The SMILES string of the molecule is CC(O)C(NS(=O)(=O)c1cccc(C#N)c1)C(=O)O. The Morgan fingerprint density at radius 3 is 2.58 bits per heavy atom. The van der Waals surface area contributed by atoms with E-state index in [-0.39, 0.29) is 10.5 Å². The lowest BCUT2D eigenvalue weighted by Gasteiger charge is -2.17. The summed E-state index contributed by atoms with van der Waals surface area (Å²) in [6.07, 6.45) is -1.40. The number of hydrogen-bond donors (Lipinski definition) is 3. The molecular formula is C11H12N2O5S. The fourth-order valence-electron chi connectivity index (χ4n) is 1.32. The Morgan fingerprint density at radius 2 is 2.11 bits per heavy atom. The highest BCUT2D eigenvalue weighted by molar-refractivity contribution is 7.89. The molecule has 2 unspecified atom stereocenters. The minimum Gasteiger partial charge on any atom is -0.480 e.